The van der Waals surface area contributed by atoms with Crippen molar-refractivity contribution in [2.24, 2.45) is 27.8 Å². The van der Waals surface area contributed by atoms with Crippen molar-refractivity contribution in [2.45, 2.75) is 82.6 Å². The van der Waals surface area contributed by atoms with Crippen LogP contribution >= 0.6 is 0 Å². The molecule has 1 N–H and O–H groups in total. The van der Waals surface area contributed by atoms with Crippen LogP contribution in [-0.4, -0.2) is 46.9 Å². The van der Waals surface area contributed by atoms with Gasteiger partial charge in [0.25, 0.3) is 0 Å². The maximum Gasteiger partial charge on any atom is 0.136 e. The Morgan fingerprint density at radius 3 is 2.79 bits per heavy atom. The standard InChI is InChI=1S/C19H30N2O3/c1-12-6-9-17-7-5-8-19(17)16(12,3)14(24-21(19)4)10-18(11-20-22)15(23-18)13(17)2/h11-15,22H,5-10H2,1-4H3/b20-11+/t12?,13-,14+,15-,16?,17?,18-,19+/m0/s1. The van der Waals surface area contributed by atoms with E-state index in [-0.39, 0.29) is 28.6 Å². The summed E-state index contributed by atoms with van der Waals surface area (Å²) in [5, 5.41) is 14.9. The van der Waals surface area contributed by atoms with Gasteiger partial charge in [-0.25, -0.2) is 0 Å². The van der Waals surface area contributed by atoms with Crippen LogP contribution in [0.4, 0.5) is 0 Å². The van der Waals surface area contributed by atoms with Crippen LogP contribution in [0.15, 0.2) is 5.16 Å². The van der Waals surface area contributed by atoms with Gasteiger partial charge in [-0.1, -0.05) is 32.3 Å². The number of hydrogen-bond acceptors (Lipinski definition) is 5. The molecule has 8 atom stereocenters. The predicted molar refractivity (Wildman–Crippen MR) is 89.8 cm³/mol. The largest absolute Gasteiger partial charge is 0.411 e. The molecule has 0 amide bonds. The molecule has 5 fully saturated rings. The van der Waals surface area contributed by atoms with E-state index in [9.17, 15) is 5.21 Å². The minimum Gasteiger partial charge on any atom is -0.411 e. The Balaban J connectivity index is 1.75. The molecule has 5 heteroatoms. The molecule has 3 saturated carbocycles. The van der Waals surface area contributed by atoms with E-state index in [1.165, 1.54) is 32.1 Å². The summed E-state index contributed by atoms with van der Waals surface area (Å²) >= 11 is 0. The lowest BCUT2D eigenvalue weighted by Crippen LogP contribution is -2.69. The van der Waals surface area contributed by atoms with E-state index in [4.69, 9.17) is 9.57 Å². The van der Waals surface area contributed by atoms with Gasteiger partial charge in [-0.15, -0.1) is 0 Å². The third kappa shape index (κ3) is 1.34. The highest BCUT2D eigenvalue weighted by Gasteiger charge is 2.81. The minimum absolute atomic E-state index is 0.121. The lowest BCUT2D eigenvalue weighted by Gasteiger charge is -2.63. The average molecular weight is 334 g/mol. The lowest BCUT2D eigenvalue weighted by atomic mass is 9.42. The Hall–Kier alpha value is -0.650. The zero-order valence-electron chi connectivity index (χ0n) is 15.3. The van der Waals surface area contributed by atoms with Crippen molar-refractivity contribution in [1.29, 1.82) is 0 Å². The molecule has 2 aliphatic heterocycles. The number of hydrogen-bond donors (Lipinski definition) is 1. The van der Waals surface area contributed by atoms with Crippen molar-refractivity contribution in [3.05, 3.63) is 0 Å². The maximum atomic E-state index is 9.22. The minimum atomic E-state index is -0.427. The van der Waals surface area contributed by atoms with E-state index < -0.39 is 5.60 Å². The fourth-order valence-corrected chi connectivity index (χ4v) is 8.03. The molecule has 1 spiro atoms. The predicted octanol–water partition coefficient (Wildman–Crippen LogP) is 3.21. The van der Waals surface area contributed by atoms with E-state index in [0.29, 0.717) is 11.8 Å². The van der Waals surface area contributed by atoms with Crippen molar-refractivity contribution >= 4 is 6.21 Å². The molecular formula is C19H30N2O3. The van der Waals surface area contributed by atoms with Crippen molar-refractivity contribution < 1.29 is 14.8 Å². The van der Waals surface area contributed by atoms with Crippen molar-refractivity contribution in [1.82, 2.24) is 5.06 Å². The first-order valence-corrected chi connectivity index (χ1v) is 9.65. The van der Waals surface area contributed by atoms with E-state index in [1.54, 1.807) is 6.21 Å². The second kappa shape index (κ2) is 4.36. The molecule has 2 saturated heterocycles. The van der Waals surface area contributed by atoms with Crippen LogP contribution in [0.1, 0.15) is 59.3 Å². The Morgan fingerprint density at radius 2 is 2.04 bits per heavy atom. The second-order valence-electron chi connectivity index (χ2n) is 9.41. The molecule has 0 aromatic heterocycles. The lowest BCUT2D eigenvalue weighted by molar-refractivity contribution is -0.210. The average Bonchev–Trinajstić information content (AvgIpc) is 2.98. The normalized spacial score (nSPS) is 62.2. The zero-order valence-corrected chi connectivity index (χ0v) is 15.3. The zero-order chi connectivity index (χ0) is 17.0. The van der Waals surface area contributed by atoms with Gasteiger partial charge < -0.3 is 9.94 Å². The summed E-state index contributed by atoms with van der Waals surface area (Å²) < 4.78 is 6.25. The summed E-state index contributed by atoms with van der Waals surface area (Å²) in [6.45, 7) is 7.28. The molecule has 5 nitrogen and oxygen atoms in total. The van der Waals surface area contributed by atoms with Gasteiger partial charge in [-0.3, -0.25) is 4.84 Å². The number of ether oxygens (including phenoxy) is 1. The van der Waals surface area contributed by atoms with Gasteiger partial charge >= 0.3 is 0 Å². The van der Waals surface area contributed by atoms with Gasteiger partial charge in [0, 0.05) is 18.9 Å². The second-order valence-corrected chi connectivity index (χ2v) is 9.41. The molecule has 0 aromatic carbocycles. The van der Waals surface area contributed by atoms with Crippen LogP contribution in [0.5, 0.6) is 0 Å². The van der Waals surface area contributed by atoms with Crippen molar-refractivity contribution in [3.63, 3.8) is 0 Å². The number of fused-ring (bicyclic) bond motifs is 1. The van der Waals surface area contributed by atoms with Gasteiger partial charge in [0.2, 0.25) is 0 Å². The number of hydroxylamine groups is 2. The molecule has 3 unspecified atom stereocenters. The Morgan fingerprint density at radius 1 is 1.25 bits per heavy atom. The molecule has 5 aliphatic rings. The first kappa shape index (κ1) is 15.6. The fraction of sp³-hybridized carbons (Fsp3) is 0.947. The van der Waals surface area contributed by atoms with E-state index >= 15 is 0 Å². The monoisotopic (exact) mass is 334 g/mol. The van der Waals surface area contributed by atoms with E-state index in [1.807, 2.05) is 0 Å². The maximum absolute atomic E-state index is 9.22. The molecule has 5 rings (SSSR count). The SMILES string of the molecule is CC1CCC23CCC[C@]24N(C)O[C@H](C[C@@]2(/C=N/O)O[C@H]2[C@@H]3C)C14C. The molecular weight excluding hydrogens is 304 g/mol. The highest BCUT2D eigenvalue weighted by Crippen LogP contribution is 2.76. The topological polar surface area (TPSA) is 57.6 Å². The van der Waals surface area contributed by atoms with Crippen LogP contribution in [-0.2, 0) is 9.57 Å². The van der Waals surface area contributed by atoms with Crippen LogP contribution in [0.25, 0.3) is 0 Å². The summed E-state index contributed by atoms with van der Waals surface area (Å²) in [5.74, 6) is 1.08. The Labute approximate surface area is 144 Å². The number of nitrogens with zero attached hydrogens (tertiary/aromatic N) is 2. The molecule has 0 radical (unpaired) electrons. The van der Waals surface area contributed by atoms with Crippen LogP contribution < -0.4 is 0 Å². The quantitative estimate of drug-likeness (QED) is 0.346. The molecule has 4 bridgehead atoms. The number of epoxide rings is 1. The van der Waals surface area contributed by atoms with Crippen LogP contribution in [0.3, 0.4) is 0 Å². The molecule has 0 aromatic rings. The summed E-state index contributed by atoms with van der Waals surface area (Å²) in [7, 11) is 2.17. The van der Waals surface area contributed by atoms with E-state index in [2.05, 4.69) is 38.0 Å². The summed E-state index contributed by atoms with van der Waals surface area (Å²) in [5.41, 5.74) is 0.0617. The molecule has 2 heterocycles. The number of oxime groups is 1. The van der Waals surface area contributed by atoms with Crippen molar-refractivity contribution in [3.8, 4) is 0 Å². The van der Waals surface area contributed by atoms with E-state index in [0.717, 1.165) is 6.42 Å². The summed E-state index contributed by atoms with van der Waals surface area (Å²) in [6, 6.07) is 0. The fourth-order valence-electron chi connectivity index (χ4n) is 8.03. The third-order valence-corrected chi connectivity index (χ3v) is 9.29. The smallest absolute Gasteiger partial charge is 0.136 e. The van der Waals surface area contributed by atoms with Gasteiger partial charge in [0.05, 0.1) is 24.0 Å². The first-order valence-electron chi connectivity index (χ1n) is 9.65. The summed E-state index contributed by atoms with van der Waals surface area (Å²) in [4.78, 5) is 6.56. The summed E-state index contributed by atoms with van der Waals surface area (Å²) in [6.07, 6.45) is 9.06. The van der Waals surface area contributed by atoms with Crippen LogP contribution in [0, 0.1) is 22.7 Å². The van der Waals surface area contributed by atoms with Gasteiger partial charge in [-0.2, -0.15) is 5.06 Å². The van der Waals surface area contributed by atoms with Gasteiger partial charge in [0.1, 0.15) is 5.60 Å². The van der Waals surface area contributed by atoms with Crippen LogP contribution in [0.2, 0.25) is 0 Å². The molecule has 134 valence electrons. The third-order valence-electron chi connectivity index (χ3n) is 9.29. The molecule has 3 aliphatic carbocycles. The Kier molecular flexibility index (Phi) is 2.83. The highest BCUT2D eigenvalue weighted by molar-refractivity contribution is 5.73. The Bertz CT molecular complexity index is 611. The van der Waals surface area contributed by atoms with Gasteiger partial charge in [-0.05, 0) is 42.9 Å². The first-order chi connectivity index (χ1) is 11.4. The number of rotatable bonds is 1. The molecule has 24 heavy (non-hydrogen) atoms. The highest BCUT2D eigenvalue weighted by atomic mass is 16.7. The van der Waals surface area contributed by atoms with Crippen molar-refractivity contribution in [2.75, 3.05) is 7.05 Å². The van der Waals surface area contributed by atoms with Gasteiger partial charge in [0.15, 0.2) is 0 Å².